The Hall–Kier alpha value is -2.22. The van der Waals surface area contributed by atoms with Crippen LogP contribution in [0.5, 0.6) is 5.75 Å². The minimum Gasteiger partial charge on any atom is -0.404 e. The summed E-state index contributed by atoms with van der Waals surface area (Å²) in [6, 6.07) is 10.8. The van der Waals surface area contributed by atoms with Gasteiger partial charge in [0.2, 0.25) is 0 Å². The highest BCUT2D eigenvalue weighted by Gasteiger charge is 2.32. The van der Waals surface area contributed by atoms with Crippen molar-refractivity contribution in [1.82, 2.24) is 0 Å². The molecule has 0 fully saturated rings. The van der Waals surface area contributed by atoms with Crippen molar-refractivity contribution >= 4 is 15.7 Å². The van der Waals surface area contributed by atoms with E-state index in [1.54, 1.807) is 19.1 Å². The smallest absolute Gasteiger partial charge is 0.404 e. The molecule has 0 spiro atoms. The summed E-state index contributed by atoms with van der Waals surface area (Å²) in [5.74, 6) is -0.620. The maximum Gasteiger partial charge on any atom is 0.573 e. The summed E-state index contributed by atoms with van der Waals surface area (Å²) in [7, 11) is -4.01. The molecule has 4 nitrogen and oxygen atoms in total. The summed E-state index contributed by atoms with van der Waals surface area (Å²) in [4.78, 5) is -0.0556. The minimum atomic E-state index is -4.91. The van der Waals surface area contributed by atoms with Crippen LogP contribution >= 0.6 is 0 Å². The lowest BCUT2D eigenvalue weighted by Gasteiger charge is -2.14. The molecular formula is C14H12F3NO3S. The van der Waals surface area contributed by atoms with Crippen LogP contribution in [0.25, 0.3) is 0 Å². The first-order valence-corrected chi connectivity index (χ1v) is 7.60. The van der Waals surface area contributed by atoms with Crippen LogP contribution < -0.4 is 9.46 Å². The van der Waals surface area contributed by atoms with Gasteiger partial charge in [-0.15, -0.1) is 13.2 Å². The van der Waals surface area contributed by atoms with Crippen LogP contribution in [0.4, 0.5) is 18.9 Å². The molecule has 22 heavy (non-hydrogen) atoms. The van der Waals surface area contributed by atoms with Gasteiger partial charge in [0.05, 0.1) is 10.6 Å². The first kappa shape index (κ1) is 16.2. The quantitative estimate of drug-likeness (QED) is 0.929. The molecule has 0 aliphatic rings. The second kappa shape index (κ2) is 5.88. The molecule has 0 radical (unpaired) electrons. The Labute approximate surface area is 125 Å². The molecule has 0 atom stereocenters. The number of hydrogen-bond acceptors (Lipinski definition) is 3. The number of benzene rings is 2. The van der Waals surface area contributed by atoms with E-state index in [9.17, 15) is 21.6 Å². The maximum absolute atomic E-state index is 12.3. The zero-order valence-electron chi connectivity index (χ0n) is 11.4. The van der Waals surface area contributed by atoms with Gasteiger partial charge in [0.25, 0.3) is 10.0 Å². The van der Waals surface area contributed by atoms with Crippen LogP contribution in [-0.4, -0.2) is 14.8 Å². The van der Waals surface area contributed by atoms with Crippen LogP contribution in [0, 0.1) is 6.92 Å². The van der Waals surface area contributed by atoms with Gasteiger partial charge in [-0.1, -0.05) is 29.8 Å². The van der Waals surface area contributed by atoms with Crippen LogP contribution in [0.2, 0.25) is 0 Å². The van der Waals surface area contributed by atoms with Gasteiger partial charge >= 0.3 is 6.36 Å². The van der Waals surface area contributed by atoms with Crippen molar-refractivity contribution in [3.63, 3.8) is 0 Å². The van der Waals surface area contributed by atoms with Gasteiger partial charge in [0.15, 0.2) is 5.75 Å². The fraction of sp³-hybridized carbons (Fsp3) is 0.143. The second-order valence-electron chi connectivity index (χ2n) is 4.46. The van der Waals surface area contributed by atoms with E-state index in [1.165, 1.54) is 30.3 Å². The van der Waals surface area contributed by atoms with Crippen LogP contribution in [0.3, 0.4) is 0 Å². The van der Waals surface area contributed by atoms with E-state index in [1.807, 2.05) is 0 Å². The van der Waals surface area contributed by atoms with Gasteiger partial charge in [0, 0.05) is 0 Å². The number of anilines is 1. The number of rotatable bonds is 4. The van der Waals surface area contributed by atoms with E-state index in [0.29, 0.717) is 0 Å². The number of alkyl halides is 3. The molecule has 0 bridgehead atoms. The molecular weight excluding hydrogens is 319 g/mol. The molecule has 118 valence electrons. The molecule has 0 amide bonds. The Morgan fingerprint density at radius 2 is 1.59 bits per heavy atom. The highest BCUT2D eigenvalue weighted by atomic mass is 32.2. The van der Waals surface area contributed by atoms with Crippen molar-refractivity contribution in [2.75, 3.05) is 4.72 Å². The summed E-state index contributed by atoms with van der Waals surface area (Å²) in [5, 5.41) is 0. The number of halogens is 3. The van der Waals surface area contributed by atoms with E-state index in [0.717, 1.165) is 11.6 Å². The Kier molecular flexibility index (Phi) is 4.32. The monoisotopic (exact) mass is 331 g/mol. The number of para-hydroxylation sites is 2. The highest BCUT2D eigenvalue weighted by Crippen LogP contribution is 2.31. The number of hydrogen-bond donors (Lipinski definition) is 1. The SMILES string of the molecule is Cc1ccc(S(=O)(=O)Nc2ccccc2OC(F)(F)F)cc1. The molecule has 0 saturated heterocycles. The third kappa shape index (κ3) is 4.14. The largest absolute Gasteiger partial charge is 0.573 e. The fourth-order valence-electron chi connectivity index (χ4n) is 1.69. The van der Waals surface area contributed by atoms with Crippen molar-refractivity contribution in [2.45, 2.75) is 18.2 Å². The Bertz CT molecular complexity index is 756. The van der Waals surface area contributed by atoms with Gasteiger partial charge in [-0.3, -0.25) is 4.72 Å². The van der Waals surface area contributed by atoms with E-state index in [4.69, 9.17) is 0 Å². The molecule has 2 aromatic rings. The molecule has 2 aromatic carbocycles. The zero-order valence-corrected chi connectivity index (χ0v) is 12.2. The summed E-state index contributed by atoms with van der Waals surface area (Å²) in [6.07, 6.45) is -4.91. The molecule has 2 rings (SSSR count). The first-order valence-electron chi connectivity index (χ1n) is 6.12. The molecule has 0 aliphatic carbocycles. The van der Waals surface area contributed by atoms with E-state index in [2.05, 4.69) is 9.46 Å². The summed E-state index contributed by atoms with van der Waals surface area (Å²) >= 11 is 0. The molecule has 0 aliphatic heterocycles. The lowest BCUT2D eigenvalue weighted by molar-refractivity contribution is -0.274. The van der Waals surface area contributed by atoms with Crippen molar-refractivity contribution in [3.05, 3.63) is 54.1 Å². The molecule has 0 saturated carbocycles. The minimum absolute atomic E-state index is 0.0556. The van der Waals surface area contributed by atoms with E-state index >= 15 is 0 Å². The van der Waals surface area contributed by atoms with Gasteiger partial charge in [0.1, 0.15) is 0 Å². The average molecular weight is 331 g/mol. The van der Waals surface area contributed by atoms with Gasteiger partial charge in [-0.2, -0.15) is 0 Å². The Morgan fingerprint density at radius 3 is 2.18 bits per heavy atom. The number of ether oxygens (including phenoxy) is 1. The predicted octanol–water partition coefficient (Wildman–Crippen LogP) is 3.69. The molecule has 0 aromatic heterocycles. The number of sulfonamides is 1. The summed E-state index contributed by atoms with van der Waals surface area (Å²) < 4.78 is 67.2. The third-order valence-electron chi connectivity index (χ3n) is 2.69. The lowest BCUT2D eigenvalue weighted by atomic mass is 10.2. The molecule has 1 N–H and O–H groups in total. The maximum atomic E-state index is 12.3. The average Bonchev–Trinajstić information content (AvgIpc) is 2.39. The normalized spacial score (nSPS) is 12.0. The Morgan fingerprint density at radius 1 is 1.00 bits per heavy atom. The lowest BCUT2D eigenvalue weighted by Crippen LogP contribution is -2.19. The van der Waals surface area contributed by atoms with E-state index < -0.39 is 22.1 Å². The molecule has 0 heterocycles. The number of nitrogens with one attached hydrogen (secondary N) is 1. The van der Waals surface area contributed by atoms with Crippen LogP contribution in [0.1, 0.15) is 5.56 Å². The molecule has 0 unspecified atom stereocenters. The van der Waals surface area contributed by atoms with Crippen molar-refractivity contribution in [2.24, 2.45) is 0 Å². The topological polar surface area (TPSA) is 55.4 Å². The predicted molar refractivity (Wildman–Crippen MR) is 75.1 cm³/mol. The van der Waals surface area contributed by atoms with Crippen molar-refractivity contribution < 1.29 is 26.3 Å². The third-order valence-corrected chi connectivity index (χ3v) is 4.07. The first-order chi connectivity index (χ1) is 10.2. The van der Waals surface area contributed by atoms with Gasteiger partial charge in [-0.25, -0.2) is 8.42 Å². The van der Waals surface area contributed by atoms with Crippen LogP contribution in [0.15, 0.2) is 53.4 Å². The Balaban J connectivity index is 2.32. The van der Waals surface area contributed by atoms with E-state index in [-0.39, 0.29) is 10.6 Å². The molecule has 8 heteroatoms. The van der Waals surface area contributed by atoms with Gasteiger partial charge < -0.3 is 4.74 Å². The summed E-state index contributed by atoms with van der Waals surface area (Å²) in [6.45, 7) is 1.79. The standard InChI is InChI=1S/C14H12F3NO3S/c1-10-6-8-11(9-7-10)22(19,20)18-12-4-2-3-5-13(12)21-14(15,16)17/h2-9,18H,1H3. The van der Waals surface area contributed by atoms with Crippen molar-refractivity contribution in [1.29, 1.82) is 0 Å². The fourth-order valence-corrected chi connectivity index (χ4v) is 2.76. The van der Waals surface area contributed by atoms with Gasteiger partial charge in [-0.05, 0) is 31.2 Å². The van der Waals surface area contributed by atoms with Crippen LogP contribution in [-0.2, 0) is 10.0 Å². The summed E-state index contributed by atoms with van der Waals surface area (Å²) in [5.41, 5.74) is 0.570. The zero-order chi connectivity index (χ0) is 16.4. The van der Waals surface area contributed by atoms with Crippen molar-refractivity contribution in [3.8, 4) is 5.75 Å². The second-order valence-corrected chi connectivity index (χ2v) is 6.14. The highest BCUT2D eigenvalue weighted by molar-refractivity contribution is 7.92. The number of aryl methyl sites for hydroxylation is 1.